The number of rotatable bonds is 17. The second-order valence-corrected chi connectivity index (χ2v) is 11.5. The lowest BCUT2D eigenvalue weighted by atomic mass is 9.79. The van der Waals surface area contributed by atoms with Crippen molar-refractivity contribution in [3.8, 4) is 0 Å². The molecule has 1 saturated carbocycles. The molecule has 42 heavy (non-hydrogen) atoms. The Morgan fingerprint density at radius 2 is 1.36 bits per heavy atom. The summed E-state index contributed by atoms with van der Waals surface area (Å²) in [7, 11) is 0. The minimum Gasteiger partial charge on any atom is -0.434 e. The maximum absolute atomic E-state index is 12.1. The molecule has 236 valence electrons. The van der Waals surface area contributed by atoms with E-state index in [-0.39, 0.29) is 13.2 Å². The van der Waals surface area contributed by atoms with Crippen LogP contribution in [0, 0.1) is 11.8 Å². The van der Waals surface area contributed by atoms with Crippen LogP contribution in [-0.2, 0) is 34.8 Å². The SMILES string of the molecule is CCCCC[C@H]1CC[C@H](/C=C/CCc2ccc(C3O[C@H](OC(=O)OCCCC)[C@@H](OC(=O)OCCCC)O3)cc2)CC1. The smallest absolute Gasteiger partial charge is 0.434 e. The molecule has 0 unspecified atom stereocenters. The van der Waals surface area contributed by atoms with Gasteiger partial charge in [-0.15, -0.1) is 0 Å². The highest BCUT2D eigenvalue weighted by Gasteiger charge is 2.43. The molecular formula is C34H52O8. The first-order chi connectivity index (χ1) is 20.5. The molecule has 3 rings (SSSR count). The molecule has 2 atom stereocenters. The Labute approximate surface area is 252 Å². The predicted molar refractivity (Wildman–Crippen MR) is 161 cm³/mol. The summed E-state index contributed by atoms with van der Waals surface area (Å²) in [5.41, 5.74) is 1.93. The van der Waals surface area contributed by atoms with Crippen molar-refractivity contribution in [2.45, 2.75) is 130 Å². The van der Waals surface area contributed by atoms with Gasteiger partial charge in [0, 0.05) is 5.56 Å². The van der Waals surface area contributed by atoms with Gasteiger partial charge in [0.15, 0.2) is 6.29 Å². The van der Waals surface area contributed by atoms with Crippen LogP contribution >= 0.6 is 0 Å². The lowest BCUT2D eigenvalue weighted by Gasteiger charge is -2.26. The number of benzene rings is 1. The zero-order valence-electron chi connectivity index (χ0n) is 25.9. The van der Waals surface area contributed by atoms with Crippen molar-refractivity contribution in [2.75, 3.05) is 13.2 Å². The highest BCUT2D eigenvalue weighted by molar-refractivity contribution is 5.61. The van der Waals surface area contributed by atoms with Crippen LogP contribution in [0.25, 0.3) is 0 Å². The van der Waals surface area contributed by atoms with Crippen molar-refractivity contribution in [3.05, 3.63) is 47.5 Å². The van der Waals surface area contributed by atoms with Crippen molar-refractivity contribution < 1.29 is 38.0 Å². The third-order valence-corrected chi connectivity index (χ3v) is 7.97. The van der Waals surface area contributed by atoms with Crippen molar-refractivity contribution in [2.24, 2.45) is 11.8 Å². The van der Waals surface area contributed by atoms with E-state index in [1.807, 2.05) is 38.1 Å². The van der Waals surface area contributed by atoms with E-state index in [9.17, 15) is 9.59 Å². The number of allylic oxidation sites excluding steroid dienone is 2. The Bertz CT molecular complexity index is 890. The summed E-state index contributed by atoms with van der Waals surface area (Å²) in [4.78, 5) is 24.3. The number of carbonyl (C=O) groups excluding carboxylic acids is 2. The summed E-state index contributed by atoms with van der Waals surface area (Å²) in [6.45, 7) is 6.72. The summed E-state index contributed by atoms with van der Waals surface area (Å²) in [6.07, 6.45) is 15.5. The average molecular weight is 589 g/mol. The fourth-order valence-corrected chi connectivity index (χ4v) is 5.32. The Morgan fingerprint density at radius 3 is 1.90 bits per heavy atom. The fraction of sp³-hybridized carbons (Fsp3) is 0.706. The monoisotopic (exact) mass is 588 g/mol. The predicted octanol–water partition coefficient (Wildman–Crippen LogP) is 9.17. The lowest BCUT2D eigenvalue weighted by Crippen LogP contribution is -2.33. The van der Waals surface area contributed by atoms with Gasteiger partial charge in [0.2, 0.25) is 0 Å². The molecule has 8 heteroatoms. The van der Waals surface area contributed by atoms with Crippen LogP contribution in [0.1, 0.15) is 122 Å². The Morgan fingerprint density at radius 1 is 0.786 bits per heavy atom. The van der Waals surface area contributed by atoms with Gasteiger partial charge in [-0.25, -0.2) is 9.59 Å². The zero-order valence-corrected chi connectivity index (χ0v) is 25.9. The van der Waals surface area contributed by atoms with Gasteiger partial charge in [-0.05, 0) is 68.8 Å². The molecule has 0 N–H and O–H groups in total. The molecule has 1 aromatic carbocycles. The zero-order chi connectivity index (χ0) is 30.0. The second kappa shape index (κ2) is 19.6. The number of carbonyl (C=O) groups is 2. The van der Waals surface area contributed by atoms with Crippen molar-refractivity contribution >= 4 is 12.3 Å². The van der Waals surface area contributed by atoms with Crippen LogP contribution in [0.2, 0.25) is 0 Å². The van der Waals surface area contributed by atoms with E-state index in [1.54, 1.807) is 0 Å². The van der Waals surface area contributed by atoms with Gasteiger partial charge in [0.05, 0.1) is 13.2 Å². The highest BCUT2D eigenvalue weighted by Crippen LogP contribution is 2.34. The van der Waals surface area contributed by atoms with Crippen molar-refractivity contribution in [1.29, 1.82) is 0 Å². The second-order valence-electron chi connectivity index (χ2n) is 11.5. The molecule has 1 aromatic rings. The Balaban J connectivity index is 1.46. The molecule has 0 spiro atoms. The van der Waals surface area contributed by atoms with Crippen molar-refractivity contribution in [1.82, 2.24) is 0 Å². The van der Waals surface area contributed by atoms with E-state index >= 15 is 0 Å². The first-order valence-corrected chi connectivity index (χ1v) is 16.3. The molecule has 0 radical (unpaired) electrons. The van der Waals surface area contributed by atoms with Crippen molar-refractivity contribution in [3.63, 3.8) is 0 Å². The molecule has 2 aliphatic rings. The summed E-state index contributed by atoms with van der Waals surface area (Å²) >= 11 is 0. The molecular weight excluding hydrogens is 536 g/mol. The summed E-state index contributed by atoms with van der Waals surface area (Å²) in [5.74, 6) is 1.67. The van der Waals surface area contributed by atoms with E-state index in [0.717, 1.165) is 43.1 Å². The van der Waals surface area contributed by atoms with Gasteiger partial charge >= 0.3 is 12.3 Å². The lowest BCUT2D eigenvalue weighted by molar-refractivity contribution is -0.159. The van der Waals surface area contributed by atoms with Gasteiger partial charge in [-0.3, -0.25) is 0 Å². The minimum atomic E-state index is -1.28. The summed E-state index contributed by atoms with van der Waals surface area (Å²) in [5, 5.41) is 0. The van der Waals surface area contributed by atoms with Crippen LogP contribution in [0.5, 0.6) is 0 Å². The van der Waals surface area contributed by atoms with Crippen LogP contribution in [0.3, 0.4) is 0 Å². The largest absolute Gasteiger partial charge is 0.510 e. The molecule has 2 fully saturated rings. The first-order valence-electron chi connectivity index (χ1n) is 16.3. The quantitative estimate of drug-likeness (QED) is 0.101. The molecule has 0 aromatic heterocycles. The molecule has 8 nitrogen and oxygen atoms in total. The Kier molecular flexibility index (Phi) is 15.8. The van der Waals surface area contributed by atoms with E-state index in [0.29, 0.717) is 12.8 Å². The van der Waals surface area contributed by atoms with Gasteiger partial charge in [-0.1, -0.05) is 95.7 Å². The van der Waals surface area contributed by atoms with Crippen LogP contribution in [0.4, 0.5) is 9.59 Å². The van der Waals surface area contributed by atoms with E-state index in [2.05, 4.69) is 19.1 Å². The number of ether oxygens (including phenoxy) is 6. The van der Waals surface area contributed by atoms with E-state index < -0.39 is 31.2 Å². The molecule has 1 aliphatic carbocycles. The number of aryl methyl sites for hydroxylation is 1. The number of hydrogen-bond donors (Lipinski definition) is 0. The highest BCUT2D eigenvalue weighted by atomic mass is 16.9. The standard InChI is InChI=1S/C34H52O8/c1-4-7-10-13-26-16-18-27(19-17-26)14-11-12-15-28-20-22-29(23-21-28)30-39-31(41-33(35)37-24-8-5-2)32(40-30)42-34(36)38-25-9-6-3/h11,14,20-23,26-27,30-32H,4-10,12-13,15-19,24-25H2,1-3H3/b14-11+/t26-,27-,31-,32-/m1/s1. The maximum Gasteiger partial charge on any atom is 0.510 e. The minimum absolute atomic E-state index is 0.230. The third kappa shape index (κ3) is 12.3. The van der Waals surface area contributed by atoms with Crippen LogP contribution in [0.15, 0.2) is 36.4 Å². The average Bonchev–Trinajstić information content (AvgIpc) is 3.38. The molecule has 0 bridgehead atoms. The van der Waals surface area contributed by atoms with Gasteiger partial charge < -0.3 is 28.4 Å². The molecule has 1 aliphatic heterocycles. The molecule has 1 saturated heterocycles. The van der Waals surface area contributed by atoms with Gasteiger partial charge in [0.25, 0.3) is 12.6 Å². The van der Waals surface area contributed by atoms with Gasteiger partial charge in [0.1, 0.15) is 0 Å². The summed E-state index contributed by atoms with van der Waals surface area (Å²) in [6, 6.07) is 7.92. The Hall–Kier alpha value is -2.58. The third-order valence-electron chi connectivity index (χ3n) is 7.97. The van der Waals surface area contributed by atoms with Gasteiger partial charge in [-0.2, -0.15) is 0 Å². The first kappa shape index (κ1) is 33.9. The molecule has 1 heterocycles. The number of hydrogen-bond acceptors (Lipinski definition) is 8. The van der Waals surface area contributed by atoms with Crippen LogP contribution in [-0.4, -0.2) is 38.1 Å². The van der Waals surface area contributed by atoms with E-state index in [4.69, 9.17) is 28.4 Å². The topological polar surface area (TPSA) is 89.5 Å². The summed E-state index contributed by atoms with van der Waals surface area (Å²) < 4.78 is 32.3. The molecule has 0 amide bonds. The normalized spacial score (nSPS) is 22.7. The fourth-order valence-electron chi connectivity index (χ4n) is 5.32. The number of unbranched alkanes of at least 4 members (excludes halogenated alkanes) is 4. The maximum atomic E-state index is 12.1. The van der Waals surface area contributed by atoms with E-state index in [1.165, 1.54) is 56.9 Å². The van der Waals surface area contributed by atoms with Crippen LogP contribution < -0.4 is 0 Å².